The van der Waals surface area contributed by atoms with E-state index in [4.69, 9.17) is 21.1 Å². The van der Waals surface area contributed by atoms with E-state index in [1.54, 1.807) is 18.2 Å². The fraction of sp³-hybridized carbons (Fsp3) is 0.286. The van der Waals surface area contributed by atoms with Crippen LogP contribution in [0.15, 0.2) is 90.5 Å². The predicted molar refractivity (Wildman–Crippen MR) is 199 cm³/mol. The van der Waals surface area contributed by atoms with Crippen molar-refractivity contribution in [1.82, 2.24) is 5.01 Å². The molecular formula is C42H31ClF7N3O7. The minimum Gasteiger partial charge on any atom is -0.508 e. The highest BCUT2D eigenvalue weighted by atomic mass is 35.5. The van der Waals surface area contributed by atoms with Crippen LogP contribution in [-0.2, 0) is 36.9 Å². The van der Waals surface area contributed by atoms with E-state index in [1.807, 2.05) is 0 Å². The lowest BCUT2D eigenvalue weighted by atomic mass is 9.49. The van der Waals surface area contributed by atoms with Gasteiger partial charge < -0.3 is 14.6 Å². The number of carbonyl (C=O) groups is 4. The highest BCUT2D eigenvalue weighted by Gasteiger charge is 2.71. The molecule has 2 N–H and O–H groups in total. The number of methoxy groups -OCH3 is 2. The molecule has 0 unspecified atom stereocenters. The Kier molecular flexibility index (Phi) is 9.68. The highest BCUT2D eigenvalue weighted by molar-refractivity contribution is 6.30. The van der Waals surface area contributed by atoms with Gasteiger partial charge >= 0.3 is 12.4 Å². The van der Waals surface area contributed by atoms with E-state index < -0.39 is 93.6 Å². The van der Waals surface area contributed by atoms with E-state index in [9.17, 15) is 50.2 Å². The summed E-state index contributed by atoms with van der Waals surface area (Å²) in [5, 5.41) is 11.7. The first-order chi connectivity index (χ1) is 28.3. The zero-order valence-electron chi connectivity index (χ0n) is 31.2. The average molecular weight is 858 g/mol. The van der Waals surface area contributed by atoms with Crippen LogP contribution in [0, 0.1) is 29.5 Å². The molecule has 1 saturated carbocycles. The number of anilines is 2. The van der Waals surface area contributed by atoms with Gasteiger partial charge in [0.2, 0.25) is 11.8 Å². The van der Waals surface area contributed by atoms with Gasteiger partial charge in [-0.2, -0.15) is 31.4 Å². The second-order valence-corrected chi connectivity index (χ2v) is 15.3. The van der Waals surface area contributed by atoms with Gasteiger partial charge in [-0.1, -0.05) is 35.4 Å². The number of hydrazine groups is 1. The minimum atomic E-state index is -5.28. The molecule has 4 aromatic rings. The van der Waals surface area contributed by atoms with Crippen molar-refractivity contribution < 1.29 is 64.5 Å². The third-order valence-electron chi connectivity index (χ3n) is 11.9. The van der Waals surface area contributed by atoms with E-state index in [0.29, 0.717) is 22.6 Å². The number of amides is 4. The monoisotopic (exact) mass is 857 g/mol. The maximum atomic E-state index is 15.4. The Bertz CT molecular complexity index is 2440. The first kappa shape index (κ1) is 40.7. The third-order valence-corrected chi connectivity index (χ3v) is 12.2. The maximum absolute atomic E-state index is 15.4. The molecule has 2 aliphatic carbocycles. The van der Waals surface area contributed by atoms with Gasteiger partial charge in [0.1, 0.15) is 23.1 Å². The lowest BCUT2D eigenvalue weighted by Crippen LogP contribution is -2.53. The number of aromatic hydroxyl groups is 1. The van der Waals surface area contributed by atoms with Crippen molar-refractivity contribution in [1.29, 1.82) is 0 Å². The van der Waals surface area contributed by atoms with Crippen LogP contribution < -0.4 is 19.8 Å². The van der Waals surface area contributed by atoms with Crippen molar-refractivity contribution in [3.05, 3.63) is 124 Å². The van der Waals surface area contributed by atoms with Gasteiger partial charge in [-0.05, 0) is 78.9 Å². The molecule has 18 heteroatoms. The number of rotatable bonds is 7. The number of carbonyl (C=O) groups excluding carboxylic acids is 4. The first-order valence-corrected chi connectivity index (χ1v) is 18.7. The summed E-state index contributed by atoms with van der Waals surface area (Å²) in [7, 11) is 2.56. The average Bonchev–Trinajstić information content (AvgIpc) is 3.58. The molecule has 0 bridgehead atoms. The molecule has 10 nitrogen and oxygen atoms in total. The van der Waals surface area contributed by atoms with Gasteiger partial charge in [0.15, 0.2) is 0 Å². The molecule has 2 saturated heterocycles. The number of hydrogen-bond acceptors (Lipinski definition) is 8. The summed E-state index contributed by atoms with van der Waals surface area (Å²) in [4.78, 5) is 59.4. The number of fused-ring (bicyclic) bond motifs is 4. The fourth-order valence-corrected chi connectivity index (χ4v) is 9.63. The smallest absolute Gasteiger partial charge is 0.416 e. The quantitative estimate of drug-likeness (QED) is 0.108. The SMILES string of the molecule is COc1cc(O)cc(OC)c1[C@H]1C2=CC[C@@H]3C(=O)N(c4cc(C(F)(F)F)cc(C(F)(F)F)c4)C(=O)[C@@H]3[C@@H]2C[C@H]2C(=O)N(Nc3ccc(F)cc3)C(=O)[C@@]12c1ccc(Cl)cc1. The van der Waals surface area contributed by atoms with E-state index in [1.165, 1.54) is 50.6 Å². The van der Waals surface area contributed by atoms with Crippen molar-refractivity contribution in [2.75, 3.05) is 24.5 Å². The normalized spacial score (nSPS) is 25.2. The number of nitrogens with zero attached hydrogens (tertiary/aromatic N) is 2. The van der Waals surface area contributed by atoms with Crippen LogP contribution in [0.1, 0.15) is 41.0 Å². The third kappa shape index (κ3) is 6.23. The van der Waals surface area contributed by atoms with Crippen molar-refractivity contribution in [2.45, 2.75) is 36.5 Å². The van der Waals surface area contributed by atoms with Crippen LogP contribution in [0.3, 0.4) is 0 Å². The summed E-state index contributed by atoms with van der Waals surface area (Å²) in [5.41, 5.74) is -2.70. The number of benzene rings is 4. The Morgan fingerprint density at radius 2 is 1.37 bits per heavy atom. The number of ether oxygens (including phenoxy) is 2. The minimum absolute atomic E-state index is 0.0168. The number of hydrogen-bond donors (Lipinski definition) is 2. The second kappa shape index (κ2) is 14.3. The van der Waals surface area contributed by atoms with Crippen molar-refractivity contribution >= 4 is 46.6 Å². The Hall–Kier alpha value is -6.10. The number of halogens is 8. The summed E-state index contributed by atoms with van der Waals surface area (Å²) < 4.78 is 109. The number of phenolic OH excluding ortho intramolecular Hbond substituents is 1. The van der Waals surface area contributed by atoms with Crippen LogP contribution in [0.2, 0.25) is 5.02 Å². The Morgan fingerprint density at radius 1 is 0.783 bits per heavy atom. The predicted octanol–water partition coefficient (Wildman–Crippen LogP) is 8.43. The van der Waals surface area contributed by atoms with Crippen molar-refractivity contribution in [3.8, 4) is 17.2 Å². The molecule has 2 heterocycles. The zero-order valence-corrected chi connectivity index (χ0v) is 32.0. The maximum Gasteiger partial charge on any atom is 0.416 e. The summed E-state index contributed by atoms with van der Waals surface area (Å²) >= 11 is 6.32. The molecule has 4 aliphatic rings. The second-order valence-electron chi connectivity index (χ2n) is 14.9. The molecule has 4 aromatic carbocycles. The number of imide groups is 2. The molecule has 6 atom stereocenters. The largest absolute Gasteiger partial charge is 0.508 e. The van der Waals surface area contributed by atoms with E-state index >= 15 is 4.79 Å². The molecule has 312 valence electrons. The lowest BCUT2D eigenvalue weighted by Gasteiger charge is -2.51. The van der Waals surface area contributed by atoms with E-state index in [2.05, 4.69) is 5.43 Å². The number of nitrogens with one attached hydrogen (secondary N) is 1. The fourth-order valence-electron chi connectivity index (χ4n) is 9.50. The van der Waals surface area contributed by atoms with Crippen LogP contribution in [0.5, 0.6) is 17.2 Å². The molecule has 2 aliphatic heterocycles. The van der Waals surface area contributed by atoms with E-state index in [0.717, 1.165) is 17.1 Å². The Labute approximate surface area is 341 Å². The lowest BCUT2D eigenvalue weighted by molar-refractivity contribution is -0.143. The molecule has 4 amide bonds. The topological polar surface area (TPSA) is 125 Å². The Morgan fingerprint density at radius 3 is 1.92 bits per heavy atom. The zero-order chi connectivity index (χ0) is 43.2. The van der Waals surface area contributed by atoms with E-state index in [-0.39, 0.29) is 58.0 Å². The van der Waals surface area contributed by atoms with Gasteiger partial charge in [-0.15, -0.1) is 0 Å². The summed E-state index contributed by atoms with van der Waals surface area (Å²) in [5.74, 6) is -11.3. The van der Waals surface area contributed by atoms with Crippen molar-refractivity contribution in [2.24, 2.45) is 23.7 Å². The van der Waals surface area contributed by atoms with Crippen molar-refractivity contribution in [3.63, 3.8) is 0 Å². The summed E-state index contributed by atoms with van der Waals surface area (Å²) in [6, 6.07) is 13.8. The Balaban J connectivity index is 1.35. The summed E-state index contributed by atoms with van der Waals surface area (Å²) in [6.07, 6.45) is -9.54. The molecular weight excluding hydrogens is 827 g/mol. The van der Waals surface area contributed by atoms with Crippen LogP contribution in [-0.4, -0.2) is 48.0 Å². The van der Waals surface area contributed by atoms with Gasteiger partial charge in [-0.3, -0.25) is 24.6 Å². The van der Waals surface area contributed by atoms with Gasteiger partial charge in [0.05, 0.1) is 59.9 Å². The number of alkyl halides is 6. The molecule has 0 aromatic heterocycles. The molecule has 0 radical (unpaired) electrons. The summed E-state index contributed by atoms with van der Waals surface area (Å²) in [6.45, 7) is 0. The standard InChI is InChI=1S/C42H31ClF7N3O7/c1-59-31-16-26(54)17-32(60-2)34(31)35-27-11-12-28-33(38(57)52(36(28)55)25-14-20(41(45,46)47)13-21(15-25)42(48,49)50)29(27)18-30-37(56)53(51-24-9-7-23(44)8-10-24)39(58)40(30,35)19-3-5-22(43)6-4-19/h3-11,13-17,28-30,33,35,51,54H,12,18H2,1-2H3/t28-,29+,30-,33-,35+,40+/m0/s1. The molecule has 8 rings (SSSR count). The van der Waals surface area contributed by atoms with Crippen LogP contribution in [0.25, 0.3) is 0 Å². The molecule has 60 heavy (non-hydrogen) atoms. The number of allylic oxidation sites excluding steroid dienone is 2. The first-order valence-electron chi connectivity index (χ1n) is 18.3. The van der Waals surface area contributed by atoms with Gasteiger partial charge in [0, 0.05) is 28.6 Å². The van der Waals surface area contributed by atoms with Gasteiger partial charge in [0.25, 0.3) is 11.8 Å². The van der Waals surface area contributed by atoms with Crippen LogP contribution >= 0.6 is 11.6 Å². The highest BCUT2D eigenvalue weighted by Crippen LogP contribution is 2.66. The van der Waals surface area contributed by atoms with Gasteiger partial charge in [-0.25, -0.2) is 9.29 Å². The number of phenols is 1. The van der Waals surface area contributed by atoms with Crippen LogP contribution in [0.4, 0.5) is 42.1 Å². The molecule has 0 spiro atoms. The molecule has 3 fully saturated rings.